The molecule has 1 amide bonds. The van der Waals surface area contributed by atoms with E-state index in [0.717, 1.165) is 6.26 Å². The summed E-state index contributed by atoms with van der Waals surface area (Å²) in [5.74, 6) is -0.263. The van der Waals surface area contributed by atoms with Crippen molar-refractivity contribution in [3.63, 3.8) is 0 Å². The number of hydrogen-bond acceptors (Lipinski definition) is 5. The van der Waals surface area contributed by atoms with E-state index >= 15 is 0 Å². The molecule has 3 rings (SSSR count). The molecule has 0 aliphatic heterocycles. The lowest BCUT2D eigenvalue weighted by Crippen LogP contribution is -2.20. The zero-order valence-corrected chi connectivity index (χ0v) is 18.0. The third-order valence-corrected chi connectivity index (χ3v) is 4.83. The SMILES string of the molecule is CS(=O)(=O)Oc1ccc(C(=NNC(=O)c2cccc(Cl)c2)c2ccc(Cl)cc2)cc1. The van der Waals surface area contributed by atoms with Gasteiger partial charge in [0.15, 0.2) is 0 Å². The van der Waals surface area contributed by atoms with E-state index in [1.807, 2.05) is 0 Å². The minimum atomic E-state index is -3.64. The van der Waals surface area contributed by atoms with Gasteiger partial charge in [-0.1, -0.05) is 41.4 Å². The molecule has 0 aliphatic rings. The molecular weight excluding hydrogens is 447 g/mol. The van der Waals surface area contributed by atoms with Gasteiger partial charge in [0.25, 0.3) is 5.91 Å². The van der Waals surface area contributed by atoms with Gasteiger partial charge in [-0.3, -0.25) is 4.79 Å². The molecule has 0 saturated carbocycles. The average Bonchev–Trinajstić information content (AvgIpc) is 2.69. The molecule has 0 saturated heterocycles. The maximum Gasteiger partial charge on any atom is 0.306 e. The van der Waals surface area contributed by atoms with Crippen molar-refractivity contribution in [2.75, 3.05) is 6.26 Å². The first-order valence-electron chi connectivity index (χ1n) is 8.61. The number of carbonyl (C=O) groups excluding carboxylic acids is 1. The Bertz CT molecular complexity index is 1190. The third-order valence-electron chi connectivity index (χ3n) is 3.85. The number of halogens is 2. The zero-order chi connectivity index (χ0) is 21.7. The van der Waals surface area contributed by atoms with Crippen molar-refractivity contribution in [3.8, 4) is 5.75 Å². The molecule has 0 fully saturated rings. The van der Waals surface area contributed by atoms with E-state index in [2.05, 4.69) is 10.5 Å². The van der Waals surface area contributed by atoms with Gasteiger partial charge in [-0.2, -0.15) is 13.5 Å². The van der Waals surface area contributed by atoms with Gasteiger partial charge in [0, 0.05) is 26.7 Å². The van der Waals surface area contributed by atoms with Crippen molar-refractivity contribution in [3.05, 3.63) is 99.5 Å². The number of hydrazone groups is 1. The van der Waals surface area contributed by atoms with Crippen molar-refractivity contribution in [2.24, 2.45) is 5.10 Å². The van der Waals surface area contributed by atoms with Gasteiger partial charge in [0.05, 0.1) is 12.0 Å². The highest BCUT2D eigenvalue weighted by Crippen LogP contribution is 2.19. The van der Waals surface area contributed by atoms with Gasteiger partial charge >= 0.3 is 10.1 Å². The highest BCUT2D eigenvalue weighted by atomic mass is 35.5. The van der Waals surface area contributed by atoms with E-state index < -0.39 is 16.0 Å². The Kier molecular flexibility index (Phi) is 6.77. The quantitative estimate of drug-likeness (QED) is 0.331. The van der Waals surface area contributed by atoms with Crippen LogP contribution in [0.2, 0.25) is 10.0 Å². The van der Waals surface area contributed by atoms with E-state index in [1.165, 1.54) is 18.2 Å². The first kappa shape index (κ1) is 21.8. The minimum absolute atomic E-state index is 0.166. The molecule has 0 unspecified atom stereocenters. The van der Waals surface area contributed by atoms with Crippen LogP contribution >= 0.6 is 23.2 Å². The Balaban J connectivity index is 1.93. The Morgan fingerprint density at radius 3 is 2.03 bits per heavy atom. The van der Waals surface area contributed by atoms with Crippen molar-refractivity contribution >= 4 is 44.9 Å². The van der Waals surface area contributed by atoms with Crippen LogP contribution in [-0.2, 0) is 10.1 Å². The van der Waals surface area contributed by atoms with Crippen LogP contribution < -0.4 is 9.61 Å². The second-order valence-corrected chi connectivity index (χ2v) is 8.68. The molecule has 6 nitrogen and oxygen atoms in total. The second-order valence-electron chi connectivity index (χ2n) is 6.23. The first-order valence-corrected chi connectivity index (χ1v) is 11.2. The molecule has 0 spiro atoms. The standard InChI is InChI=1S/C21H16Cl2N2O4S/c1-30(27,28)29-19-11-7-15(8-12-19)20(14-5-9-17(22)10-6-14)24-25-21(26)16-3-2-4-18(23)13-16/h2-13H,1H3,(H,25,26). The molecule has 30 heavy (non-hydrogen) atoms. The van der Waals surface area contributed by atoms with Crippen LogP contribution in [0.3, 0.4) is 0 Å². The fourth-order valence-electron chi connectivity index (χ4n) is 2.55. The largest absolute Gasteiger partial charge is 0.383 e. The minimum Gasteiger partial charge on any atom is -0.383 e. The van der Waals surface area contributed by atoms with Gasteiger partial charge in [-0.25, -0.2) is 5.43 Å². The van der Waals surface area contributed by atoms with Gasteiger partial charge in [-0.15, -0.1) is 0 Å². The Morgan fingerprint density at radius 1 is 0.867 bits per heavy atom. The molecule has 3 aromatic rings. The fourth-order valence-corrected chi connectivity index (χ4v) is 3.32. The van der Waals surface area contributed by atoms with Crippen LogP contribution in [0, 0.1) is 0 Å². The molecule has 0 bridgehead atoms. The van der Waals surface area contributed by atoms with Gasteiger partial charge in [0.1, 0.15) is 5.75 Å². The summed E-state index contributed by atoms with van der Waals surface area (Å²) in [6.45, 7) is 0. The van der Waals surface area contributed by atoms with E-state index in [0.29, 0.717) is 32.4 Å². The van der Waals surface area contributed by atoms with Crippen LogP contribution in [-0.4, -0.2) is 26.3 Å². The predicted octanol–water partition coefficient (Wildman–Crippen LogP) is 4.51. The van der Waals surface area contributed by atoms with Crippen molar-refractivity contribution < 1.29 is 17.4 Å². The van der Waals surface area contributed by atoms with E-state index in [-0.39, 0.29) is 5.75 Å². The fraction of sp³-hybridized carbons (Fsp3) is 0.0476. The predicted molar refractivity (Wildman–Crippen MR) is 118 cm³/mol. The monoisotopic (exact) mass is 462 g/mol. The highest BCUT2D eigenvalue weighted by molar-refractivity contribution is 7.86. The average molecular weight is 463 g/mol. The normalized spacial score (nSPS) is 11.8. The van der Waals surface area contributed by atoms with Crippen molar-refractivity contribution in [2.45, 2.75) is 0 Å². The highest BCUT2D eigenvalue weighted by Gasteiger charge is 2.12. The summed E-state index contributed by atoms with van der Waals surface area (Å²) in [5, 5.41) is 5.27. The molecule has 0 aromatic heterocycles. The zero-order valence-electron chi connectivity index (χ0n) is 15.7. The Morgan fingerprint density at radius 2 is 1.47 bits per heavy atom. The number of carbonyl (C=O) groups is 1. The Labute approximate surface area is 184 Å². The molecule has 0 radical (unpaired) electrons. The lowest BCUT2D eigenvalue weighted by Gasteiger charge is -2.10. The summed E-state index contributed by atoms with van der Waals surface area (Å²) in [7, 11) is -3.64. The summed E-state index contributed by atoms with van der Waals surface area (Å²) >= 11 is 11.9. The number of nitrogens with one attached hydrogen (secondary N) is 1. The van der Waals surface area contributed by atoms with Crippen LogP contribution in [0.4, 0.5) is 0 Å². The van der Waals surface area contributed by atoms with Crippen molar-refractivity contribution in [1.29, 1.82) is 0 Å². The van der Waals surface area contributed by atoms with Crippen LogP contribution in [0.5, 0.6) is 5.75 Å². The van der Waals surface area contributed by atoms with Gasteiger partial charge in [-0.05, 0) is 54.6 Å². The van der Waals surface area contributed by atoms with Gasteiger partial charge < -0.3 is 4.18 Å². The van der Waals surface area contributed by atoms with Gasteiger partial charge in [0.2, 0.25) is 0 Å². The summed E-state index contributed by atoms with van der Waals surface area (Å²) in [6, 6.07) is 19.7. The van der Waals surface area contributed by atoms with Crippen LogP contribution in [0.15, 0.2) is 77.9 Å². The number of benzene rings is 3. The second kappa shape index (κ2) is 9.30. The molecular formula is C21H16Cl2N2O4S. The summed E-state index contributed by atoms with van der Waals surface area (Å²) in [5.41, 5.74) is 4.66. The van der Waals surface area contributed by atoms with Crippen molar-refractivity contribution in [1.82, 2.24) is 5.43 Å². The smallest absolute Gasteiger partial charge is 0.306 e. The number of rotatable bonds is 6. The van der Waals surface area contributed by atoms with E-state index in [4.69, 9.17) is 27.4 Å². The Hall–Kier alpha value is -2.87. The molecule has 0 atom stereocenters. The maximum atomic E-state index is 12.4. The van der Waals surface area contributed by atoms with E-state index in [9.17, 15) is 13.2 Å². The maximum absolute atomic E-state index is 12.4. The molecule has 0 aliphatic carbocycles. The van der Waals surface area contributed by atoms with Crippen LogP contribution in [0.1, 0.15) is 21.5 Å². The summed E-state index contributed by atoms with van der Waals surface area (Å²) in [6.07, 6.45) is 0.965. The number of hydrogen-bond donors (Lipinski definition) is 1. The molecule has 3 aromatic carbocycles. The molecule has 1 N–H and O–H groups in total. The van der Waals surface area contributed by atoms with Crippen LogP contribution in [0.25, 0.3) is 0 Å². The molecule has 9 heteroatoms. The lowest BCUT2D eigenvalue weighted by atomic mass is 10.0. The third kappa shape index (κ3) is 6.06. The topological polar surface area (TPSA) is 84.8 Å². The summed E-state index contributed by atoms with van der Waals surface area (Å²) in [4.78, 5) is 12.4. The lowest BCUT2D eigenvalue weighted by molar-refractivity contribution is 0.0955. The number of nitrogens with zero attached hydrogens (tertiary/aromatic N) is 1. The molecule has 0 heterocycles. The first-order chi connectivity index (χ1) is 14.2. The van der Waals surface area contributed by atoms with E-state index in [1.54, 1.807) is 54.6 Å². The summed E-state index contributed by atoms with van der Waals surface area (Å²) < 4.78 is 27.4. The number of amides is 1. The molecule has 154 valence electrons.